The monoisotopic (exact) mass is 430 g/mol. The van der Waals surface area contributed by atoms with Crippen LogP contribution in [-0.4, -0.2) is 42.9 Å². The Hall–Kier alpha value is -2.18. The van der Waals surface area contributed by atoms with E-state index >= 15 is 0 Å². The van der Waals surface area contributed by atoms with Crippen LogP contribution in [0.15, 0.2) is 42.5 Å². The fourth-order valence-corrected chi connectivity index (χ4v) is 3.96. The highest BCUT2D eigenvalue weighted by atomic mass is 32.1. The van der Waals surface area contributed by atoms with Crippen LogP contribution in [0, 0.1) is 5.82 Å². The van der Waals surface area contributed by atoms with Crippen LogP contribution in [0.2, 0.25) is 0 Å². The molecule has 1 aliphatic heterocycles. The fourth-order valence-electron chi connectivity index (χ4n) is 3.68. The summed E-state index contributed by atoms with van der Waals surface area (Å²) in [5.41, 5.74) is 2.27. The molecule has 0 atom stereocenters. The summed E-state index contributed by atoms with van der Waals surface area (Å²) in [6, 6.07) is 12.1. The van der Waals surface area contributed by atoms with Crippen LogP contribution < -0.4 is 14.4 Å². The van der Waals surface area contributed by atoms with Crippen molar-refractivity contribution in [2.75, 3.05) is 37.7 Å². The van der Waals surface area contributed by atoms with Crippen molar-refractivity contribution in [3.63, 3.8) is 0 Å². The first-order valence-electron chi connectivity index (χ1n) is 10.8. The van der Waals surface area contributed by atoms with Gasteiger partial charge in [0.15, 0.2) is 0 Å². The van der Waals surface area contributed by atoms with Gasteiger partial charge < -0.3 is 19.3 Å². The Balaban J connectivity index is 1.55. The van der Waals surface area contributed by atoms with E-state index in [-0.39, 0.29) is 5.82 Å². The lowest BCUT2D eigenvalue weighted by Gasteiger charge is -2.31. The van der Waals surface area contributed by atoms with Gasteiger partial charge in [-0.2, -0.15) is 0 Å². The van der Waals surface area contributed by atoms with Crippen molar-refractivity contribution in [1.29, 1.82) is 0 Å². The number of unbranched alkanes of at least 4 members (excludes halogenated alkanes) is 1. The van der Waals surface area contributed by atoms with Crippen LogP contribution in [0.25, 0.3) is 0 Å². The maximum Gasteiger partial charge on any atom is 0.269 e. The third kappa shape index (κ3) is 6.16. The number of ether oxygens (including phenoxy) is 2. The molecule has 3 rings (SSSR count). The molecule has 1 heterocycles. The van der Waals surface area contributed by atoms with Crippen LogP contribution >= 0.6 is 12.2 Å². The van der Waals surface area contributed by atoms with E-state index in [0.717, 1.165) is 69.9 Å². The van der Waals surface area contributed by atoms with Crippen molar-refractivity contribution in [2.24, 2.45) is 0 Å². The molecule has 0 saturated heterocycles. The quantitative estimate of drug-likeness (QED) is 0.389. The molecule has 0 spiro atoms. The summed E-state index contributed by atoms with van der Waals surface area (Å²) in [5.74, 6) is 1.15. The van der Waals surface area contributed by atoms with Gasteiger partial charge in [0, 0.05) is 12.2 Å². The molecule has 162 valence electrons. The number of anilines is 1. The number of halogens is 1. The summed E-state index contributed by atoms with van der Waals surface area (Å²) in [6.07, 6.45) is 4.18. The van der Waals surface area contributed by atoms with Crippen LogP contribution in [0.4, 0.5) is 10.1 Å². The van der Waals surface area contributed by atoms with E-state index in [1.54, 1.807) is 12.1 Å². The number of benzene rings is 2. The molecule has 1 aliphatic rings. The van der Waals surface area contributed by atoms with Crippen LogP contribution in [0.5, 0.6) is 11.5 Å². The maximum atomic E-state index is 13.1. The largest absolute Gasteiger partial charge is 0.494 e. The van der Waals surface area contributed by atoms with Crippen molar-refractivity contribution in [2.45, 2.75) is 39.5 Å². The Kier molecular flexibility index (Phi) is 8.46. The second kappa shape index (κ2) is 11.3. The van der Waals surface area contributed by atoms with E-state index in [2.05, 4.69) is 30.9 Å². The average molecular weight is 431 g/mol. The molecule has 2 aromatic rings. The summed E-state index contributed by atoms with van der Waals surface area (Å²) in [4.78, 5) is 4.44. The van der Waals surface area contributed by atoms with Crippen molar-refractivity contribution in [3.05, 3.63) is 53.8 Å². The van der Waals surface area contributed by atoms with Gasteiger partial charge in [-0.05, 0) is 106 Å². The molecule has 6 heteroatoms. The van der Waals surface area contributed by atoms with Crippen LogP contribution in [-0.2, 0) is 6.42 Å². The molecule has 0 N–H and O–H groups in total. The Morgan fingerprint density at radius 2 is 1.80 bits per heavy atom. The lowest BCUT2D eigenvalue weighted by atomic mass is 10.0. The molecule has 0 amide bonds. The SMILES string of the molecule is CCN(CC)CCCCOc1ccc2c(c1)CCCN2C(=S)Oc1ccc(F)cc1. The number of rotatable bonds is 9. The number of thiocarbonyl (C=S) groups is 1. The number of hydrogen-bond donors (Lipinski definition) is 0. The van der Waals surface area contributed by atoms with E-state index in [0.29, 0.717) is 10.9 Å². The molecule has 4 nitrogen and oxygen atoms in total. The first-order chi connectivity index (χ1) is 14.6. The van der Waals surface area contributed by atoms with Gasteiger partial charge in [-0.3, -0.25) is 0 Å². The van der Waals surface area contributed by atoms with Gasteiger partial charge >= 0.3 is 0 Å². The molecule has 0 aromatic heterocycles. The predicted octanol–water partition coefficient (Wildman–Crippen LogP) is 5.44. The smallest absolute Gasteiger partial charge is 0.269 e. The highest BCUT2D eigenvalue weighted by molar-refractivity contribution is 7.80. The number of fused-ring (bicyclic) bond motifs is 1. The van der Waals surface area contributed by atoms with E-state index in [4.69, 9.17) is 21.7 Å². The molecule has 0 saturated carbocycles. The second-order valence-corrected chi connectivity index (χ2v) is 7.80. The fraction of sp³-hybridized carbons (Fsp3) is 0.458. The minimum atomic E-state index is -0.294. The lowest BCUT2D eigenvalue weighted by Crippen LogP contribution is -2.37. The van der Waals surface area contributed by atoms with Crippen LogP contribution in [0.3, 0.4) is 0 Å². The Bertz CT molecular complexity index is 824. The molecule has 30 heavy (non-hydrogen) atoms. The van der Waals surface area contributed by atoms with Gasteiger partial charge in [-0.1, -0.05) is 13.8 Å². The zero-order chi connectivity index (χ0) is 21.3. The van der Waals surface area contributed by atoms with E-state index in [1.165, 1.54) is 17.7 Å². The van der Waals surface area contributed by atoms with E-state index < -0.39 is 0 Å². The highest BCUT2D eigenvalue weighted by Gasteiger charge is 2.22. The first kappa shape index (κ1) is 22.5. The molecule has 2 aromatic carbocycles. The summed E-state index contributed by atoms with van der Waals surface area (Å²) in [6.45, 7) is 9.27. The Morgan fingerprint density at radius 1 is 1.07 bits per heavy atom. The molecule has 0 fully saturated rings. The molecule has 0 bridgehead atoms. The van der Waals surface area contributed by atoms with Gasteiger partial charge in [0.1, 0.15) is 17.3 Å². The normalized spacial score (nSPS) is 13.3. The van der Waals surface area contributed by atoms with Gasteiger partial charge in [0.05, 0.1) is 6.61 Å². The Morgan fingerprint density at radius 3 is 2.53 bits per heavy atom. The summed E-state index contributed by atoms with van der Waals surface area (Å²) in [7, 11) is 0. The van der Waals surface area contributed by atoms with Gasteiger partial charge in [-0.15, -0.1) is 0 Å². The van der Waals surface area contributed by atoms with Crippen molar-refractivity contribution >= 4 is 23.1 Å². The van der Waals surface area contributed by atoms with Gasteiger partial charge in [0.2, 0.25) is 0 Å². The van der Waals surface area contributed by atoms with Gasteiger partial charge in [0.25, 0.3) is 5.17 Å². The molecule has 0 aliphatic carbocycles. The zero-order valence-electron chi connectivity index (χ0n) is 17.9. The highest BCUT2D eigenvalue weighted by Crippen LogP contribution is 2.31. The van der Waals surface area contributed by atoms with E-state index in [1.807, 2.05) is 11.0 Å². The number of nitrogens with zero attached hydrogens (tertiary/aromatic N) is 2. The maximum absolute atomic E-state index is 13.1. The Labute approximate surface area is 184 Å². The summed E-state index contributed by atoms with van der Waals surface area (Å²) >= 11 is 5.51. The van der Waals surface area contributed by atoms with Crippen LogP contribution in [0.1, 0.15) is 38.7 Å². The molecule has 0 radical (unpaired) electrons. The minimum absolute atomic E-state index is 0.294. The number of aryl methyl sites for hydroxylation is 1. The average Bonchev–Trinajstić information content (AvgIpc) is 2.77. The van der Waals surface area contributed by atoms with Crippen molar-refractivity contribution < 1.29 is 13.9 Å². The molecule has 0 unspecified atom stereocenters. The second-order valence-electron chi connectivity index (χ2n) is 7.45. The standard InChI is InChI=1S/C24H31FN2O2S/c1-3-26(4-2)15-5-6-17-28-22-13-14-23-19(18-22)8-7-16-27(23)24(30)29-21-11-9-20(25)10-12-21/h9-14,18H,3-8,15-17H2,1-2H3. The van der Waals surface area contributed by atoms with E-state index in [9.17, 15) is 4.39 Å². The third-order valence-electron chi connectivity index (χ3n) is 5.44. The summed E-state index contributed by atoms with van der Waals surface area (Å²) < 4.78 is 24.9. The van der Waals surface area contributed by atoms with Crippen molar-refractivity contribution in [3.8, 4) is 11.5 Å². The first-order valence-corrected chi connectivity index (χ1v) is 11.2. The zero-order valence-corrected chi connectivity index (χ0v) is 18.7. The predicted molar refractivity (Wildman–Crippen MR) is 124 cm³/mol. The summed E-state index contributed by atoms with van der Waals surface area (Å²) in [5, 5.41) is 0.382. The lowest BCUT2D eigenvalue weighted by molar-refractivity contribution is 0.266. The van der Waals surface area contributed by atoms with Crippen molar-refractivity contribution in [1.82, 2.24) is 4.90 Å². The topological polar surface area (TPSA) is 24.9 Å². The molecular weight excluding hydrogens is 399 g/mol. The minimum Gasteiger partial charge on any atom is -0.494 e. The molecular formula is C24H31FN2O2S. The van der Waals surface area contributed by atoms with Gasteiger partial charge in [-0.25, -0.2) is 4.39 Å². The third-order valence-corrected chi connectivity index (χ3v) is 5.74. The number of hydrogen-bond acceptors (Lipinski definition) is 4.